The van der Waals surface area contributed by atoms with Crippen LogP contribution in [0.4, 0.5) is 5.69 Å². The number of benzene rings is 2. The summed E-state index contributed by atoms with van der Waals surface area (Å²) in [6, 6.07) is 16.0. The first kappa shape index (κ1) is 22.0. The van der Waals surface area contributed by atoms with Crippen molar-refractivity contribution >= 4 is 11.9 Å². The van der Waals surface area contributed by atoms with Crippen LogP contribution in [0.1, 0.15) is 70.8 Å². The van der Waals surface area contributed by atoms with Crippen molar-refractivity contribution < 1.29 is 9.47 Å². The van der Waals surface area contributed by atoms with E-state index in [1.165, 1.54) is 32.1 Å². The molecular formula is C25H35NO2. The molecule has 0 heterocycles. The minimum absolute atomic E-state index is 0.770. The maximum absolute atomic E-state index is 5.83. The number of aliphatic imine (C=N–C) groups is 1. The van der Waals surface area contributed by atoms with Crippen LogP contribution in [-0.4, -0.2) is 19.4 Å². The zero-order valence-corrected chi connectivity index (χ0v) is 17.5. The lowest BCUT2D eigenvalue weighted by Crippen LogP contribution is -1.97. The highest BCUT2D eigenvalue weighted by atomic mass is 16.5. The number of nitrogens with zero attached hydrogens (tertiary/aromatic N) is 1. The van der Waals surface area contributed by atoms with Crippen molar-refractivity contribution in [2.45, 2.75) is 65.2 Å². The van der Waals surface area contributed by atoms with Crippen molar-refractivity contribution in [3.05, 3.63) is 54.1 Å². The van der Waals surface area contributed by atoms with Crippen molar-refractivity contribution in [3.63, 3.8) is 0 Å². The fraction of sp³-hybridized carbons (Fsp3) is 0.480. The predicted molar refractivity (Wildman–Crippen MR) is 119 cm³/mol. The van der Waals surface area contributed by atoms with Crippen LogP contribution in [0.25, 0.3) is 0 Å². The fourth-order valence-electron chi connectivity index (χ4n) is 2.83. The highest BCUT2D eigenvalue weighted by Crippen LogP contribution is 2.19. The van der Waals surface area contributed by atoms with E-state index in [4.69, 9.17) is 9.47 Å². The molecule has 2 rings (SSSR count). The molecule has 0 fully saturated rings. The number of hydrogen-bond acceptors (Lipinski definition) is 3. The minimum Gasteiger partial charge on any atom is -0.494 e. The Bertz CT molecular complexity index is 662. The van der Waals surface area contributed by atoms with Gasteiger partial charge in [-0.3, -0.25) is 4.99 Å². The van der Waals surface area contributed by atoms with Gasteiger partial charge in [0.2, 0.25) is 0 Å². The molecule has 0 atom stereocenters. The van der Waals surface area contributed by atoms with E-state index < -0.39 is 0 Å². The van der Waals surface area contributed by atoms with Gasteiger partial charge in [0.05, 0.1) is 18.9 Å². The Kier molecular flexibility index (Phi) is 10.9. The van der Waals surface area contributed by atoms with E-state index in [1.54, 1.807) is 0 Å². The van der Waals surface area contributed by atoms with Gasteiger partial charge in [0.1, 0.15) is 11.5 Å². The van der Waals surface area contributed by atoms with Crippen LogP contribution < -0.4 is 9.47 Å². The Morgan fingerprint density at radius 1 is 0.643 bits per heavy atom. The molecule has 0 N–H and O–H groups in total. The first-order valence-corrected chi connectivity index (χ1v) is 10.8. The van der Waals surface area contributed by atoms with Crippen molar-refractivity contribution in [2.75, 3.05) is 13.2 Å². The third-order valence-electron chi connectivity index (χ3n) is 4.61. The molecule has 0 unspecified atom stereocenters. The van der Waals surface area contributed by atoms with Crippen molar-refractivity contribution in [3.8, 4) is 11.5 Å². The highest BCUT2D eigenvalue weighted by Gasteiger charge is 1.97. The molecule has 152 valence electrons. The molecule has 0 spiro atoms. The quantitative estimate of drug-likeness (QED) is 0.253. The zero-order valence-electron chi connectivity index (χ0n) is 17.5. The summed E-state index contributed by atoms with van der Waals surface area (Å²) in [6.45, 7) is 5.98. The van der Waals surface area contributed by atoms with E-state index in [1.807, 2.05) is 54.7 Å². The van der Waals surface area contributed by atoms with E-state index in [0.29, 0.717) is 0 Å². The van der Waals surface area contributed by atoms with Gasteiger partial charge in [0.25, 0.3) is 0 Å². The van der Waals surface area contributed by atoms with Gasteiger partial charge in [-0.25, -0.2) is 0 Å². The molecule has 0 saturated heterocycles. The van der Waals surface area contributed by atoms with Crippen LogP contribution in [0.15, 0.2) is 53.5 Å². The first-order chi connectivity index (χ1) is 13.8. The van der Waals surface area contributed by atoms with Crippen LogP contribution in [0.5, 0.6) is 11.5 Å². The summed E-state index contributed by atoms with van der Waals surface area (Å²) in [7, 11) is 0. The monoisotopic (exact) mass is 381 g/mol. The van der Waals surface area contributed by atoms with Crippen molar-refractivity contribution in [1.29, 1.82) is 0 Å². The molecule has 2 aromatic rings. The molecule has 3 nitrogen and oxygen atoms in total. The Labute approximate surface area is 170 Å². The fourth-order valence-corrected chi connectivity index (χ4v) is 2.83. The lowest BCUT2D eigenvalue weighted by Gasteiger charge is -2.06. The maximum Gasteiger partial charge on any atom is 0.119 e. The first-order valence-electron chi connectivity index (χ1n) is 10.8. The summed E-state index contributed by atoms with van der Waals surface area (Å²) in [5, 5.41) is 0. The molecule has 0 aliphatic rings. The maximum atomic E-state index is 5.83. The lowest BCUT2D eigenvalue weighted by molar-refractivity contribution is 0.304. The highest BCUT2D eigenvalue weighted by molar-refractivity contribution is 5.82. The molecule has 0 saturated carbocycles. The Balaban J connectivity index is 1.71. The average Bonchev–Trinajstić information content (AvgIpc) is 2.73. The summed E-state index contributed by atoms with van der Waals surface area (Å²) in [4.78, 5) is 4.53. The van der Waals surface area contributed by atoms with E-state index >= 15 is 0 Å². The molecular weight excluding hydrogens is 346 g/mol. The summed E-state index contributed by atoms with van der Waals surface area (Å²) in [5.41, 5.74) is 1.99. The number of unbranched alkanes of at least 4 members (excludes halogenated alkanes) is 6. The SMILES string of the molecule is CCCCCCCCOc1ccc(C=Nc2ccc(OCCCC)cc2)cc1. The van der Waals surface area contributed by atoms with Gasteiger partial charge >= 0.3 is 0 Å². The topological polar surface area (TPSA) is 30.8 Å². The van der Waals surface area contributed by atoms with Crippen LogP contribution in [0.2, 0.25) is 0 Å². The van der Waals surface area contributed by atoms with E-state index in [-0.39, 0.29) is 0 Å². The molecule has 0 bridgehead atoms. The largest absolute Gasteiger partial charge is 0.494 e. The molecule has 3 heteroatoms. The predicted octanol–water partition coefficient (Wildman–Crippen LogP) is 7.36. The van der Waals surface area contributed by atoms with E-state index in [9.17, 15) is 0 Å². The van der Waals surface area contributed by atoms with Gasteiger partial charge in [0.15, 0.2) is 0 Å². The minimum atomic E-state index is 0.770. The number of hydrogen-bond donors (Lipinski definition) is 0. The molecule has 0 aliphatic heterocycles. The zero-order chi connectivity index (χ0) is 19.9. The summed E-state index contributed by atoms with van der Waals surface area (Å²) < 4.78 is 11.5. The van der Waals surface area contributed by atoms with E-state index in [0.717, 1.165) is 55.2 Å². The molecule has 0 amide bonds. The second-order valence-electron chi connectivity index (χ2n) is 7.14. The van der Waals surface area contributed by atoms with Crippen molar-refractivity contribution in [2.24, 2.45) is 4.99 Å². The smallest absolute Gasteiger partial charge is 0.119 e. The summed E-state index contributed by atoms with van der Waals surface area (Å²) >= 11 is 0. The van der Waals surface area contributed by atoms with Gasteiger partial charge in [-0.15, -0.1) is 0 Å². The third-order valence-corrected chi connectivity index (χ3v) is 4.61. The van der Waals surface area contributed by atoms with E-state index in [2.05, 4.69) is 18.8 Å². The second-order valence-corrected chi connectivity index (χ2v) is 7.14. The molecule has 0 radical (unpaired) electrons. The van der Waals surface area contributed by atoms with Crippen molar-refractivity contribution in [1.82, 2.24) is 0 Å². The van der Waals surface area contributed by atoms with Gasteiger partial charge < -0.3 is 9.47 Å². The molecule has 0 aromatic heterocycles. The van der Waals surface area contributed by atoms with Gasteiger partial charge in [-0.05, 0) is 66.9 Å². The van der Waals surface area contributed by atoms with Crippen LogP contribution in [0, 0.1) is 0 Å². The van der Waals surface area contributed by atoms with Gasteiger partial charge in [-0.1, -0.05) is 52.4 Å². The molecule has 28 heavy (non-hydrogen) atoms. The van der Waals surface area contributed by atoms with Crippen LogP contribution in [0.3, 0.4) is 0 Å². The van der Waals surface area contributed by atoms with Crippen LogP contribution >= 0.6 is 0 Å². The average molecular weight is 382 g/mol. The normalized spacial score (nSPS) is 11.1. The van der Waals surface area contributed by atoms with Crippen LogP contribution in [-0.2, 0) is 0 Å². The Morgan fingerprint density at radius 2 is 1.18 bits per heavy atom. The summed E-state index contributed by atoms with van der Waals surface area (Å²) in [6.07, 6.45) is 11.8. The number of ether oxygens (including phenoxy) is 2. The third kappa shape index (κ3) is 9.07. The second kappa shape index (κ2) is 13.8. The molecule has 0 aliphatic carbocycles. The van der Waals surface area contributed by atoms with Gasteiger partial charge in [0, 0.05) is 6.21 Å². The Morgan fingerprint density at radius 3 is 1.82 bits per heavy atom. The summed E-state index contributed by atoms with van der Waals surface area (Å²) in [5.74, 6) is 1.83. The standard InChI is InChI=1S/C25H35NO2/c1-3-5-7-8-9-10-20-28-24-15-11-22(12-16-24)21-26-23-13-17-25(18-14-23)27-19-6-4-2/h11-18,21H,3-10,19-20H2,1-2H3. The Hall–Kier alpha value is -2.29. The van der Waals surface area contributed by atoms with Gasteiger partial charge in [-0.2, -0.15) is 0 Å². The number of rotatable bonds is 14. The lowest BCUT2D eigenvalue weighted by atomic mass is 10.1. The molecule has 2 aromatic carbocycles.